The summed E-state index contributed by atoms with van der Waals surface area (Å²) in [5, 5.41) is 53.1. The van der Waals surface area contributed by atoms with E-state index in [1.807, 2.05) is 13.8 Å². The SMILES string of the molecule is CC.CC(=O)c1ccc(O)c(O)c1O.Oc1cccc(O)c1O. The lowest BCUT2D eigenvalue weighted by Gasteiger charge is -2.03. The summed E-state index contributed by atoms with van der Waals surface area (Å²) in [6, 6.07) is 6.40. The summed E-state index contributed by atoms with van der Waals surface area (Å²) in [4.78, 5) is 10.8. The summed E-state index contributed by atoms with van der Waals surface area (Å²) < 4.78 is 0. The molecule has 0 saturated heterocycles. The van der Waals surface area contributed by atoms with Gasteiger partial charge in [-0.15, -0.1) is 0 Å². The van der Waals surface area contributed by atoms with Crippen LogP contribution in [0.4, 0.5) is 0 Å². The lowest BCUT2D eigenvalue weighted by Crippen LogP contribution is -1.92. The Morgan fingerprint density at radius 1 is 0.696 bits per heavy atom. The van der Waals surface area contributed by atoms with E-state index in [1.54, 1.807) is 0 Å². The number of ketones is 1. The summed E-state index contributed by atoms with van der Waals surface area (Å²) in [6.07, 6.45) is 0. The number of Topliss-reactive ketones (excluding diaryl/α,β-unsaturated/α-hetero) is 1. The van der Waals surface area contributed by atoms with E-state index in [-0.39, 0.29) is 22.8 Å². The van der Waals surface area contributed by atoms with Crippen molar-refractivity contribution >= 4 is 5.78 Å². The lowest BCUT2D eigenvalue weighted by atomic mass is 10.1. The molecule has 0 amide bonds. The Morgan fingerprint density at radius 2 is 1.13 bits per heavy atom. The molecule has 0 unspecified atom stereocenters. The molecular formula is C16H20O7. The molecule has 2 aromatic carbocycles. The summed E-state index contributed by atoms with van der Waals surface area (Å²) in [6.45, 7) is 5.26. The quantitative estimate of drug-likeness (QED) is 0.350. The number of benzene rings is 2. The minimum absolute atomic E-state index is 0.00898. The number of para-hydroxylation sites is 1. The summed E-state index contributed by atoms with van der Waals surface area (Å²) in [7, 11) is 0. The third-order valence-electron chi connectivity index (χ3n) is 2.50. The van der Waals surface area contributed by atoms with Gasteiger partial charge in [-0.2, -0.15) is 0 Å². The second kappa shape index (κ2) is 9.04. The number of carbonyl (C=O) groups is 1. The van der Waals surface area contributed by atoms with Crippen LogP contribution in [0, 0.1) is 0 Å². The normalized spacial score (nSPS) is 9.00. The second-order valence-corrected chi connectivity index (χ2v) is 4.03. The van der Waals surface area contributed by atoms with Crippen LogP contribution in [0.5, 0.6) is 34.5 Å². The molecule has 0 spiro atoms. The molecule has 7 nitrogen and oxygen atoms in total. The van der Waals surface area contributed by atoms with Crippen LogP contribution in [-0.2, 0) is 0 Å². The van der Waals surface area contributed by atoms with Crippen LogP contribution in [0.2, 0.25) is 0 Å². The molecule has 23 heavy (non-hydrogen) atoms. The van der Waals surface area contributed by atoms with Crippen molar-refractivity contribution in [3.63, 3.8) is 0 Å². The van der Waals surface area contributed by atoms with Crippen molar-refractivity contribution in [2.75, 3.05) is 0 Å². The van der Waals surface area contributed by atoms with Crippen LogP contribution in [0.1, 0.15) is 31.1 Å². The number of phenolic OH excluding ortho intramolecular Hbond substituents is 6. The second-order valence-electron chi connectivity index (χ2n) is 4.03. The number of hydrogen-bond donors (Lipinski definition) is 6. The first-order valence-corrected chi connectivity index (χ1v) is 6.70. The lowest BCUT2D eigenvalue weighted by molar-refractivity contribution is 0.101. The Morgan fingerprint density at radius 3 is 1.52 bits per heavy atom. The smallest absolute Gasteiger partial charge is 0.201 e. The van der Waals surface area contributed by atoms with Crippen molar-refractivity contribution < 1.29 is 35.4 Å². The fraction of sp³-hybridized carbons (Fsp3) is 0.188. The van der Waals surface area contributed by atoms with Gasteiger partial charge in [-0.25, -0.2) is 0 Å². The Kier molecular flexibility index (Phi) is 7.82. The monoisotopic (exact) mass is 324 g/mol. The zero-order valence-electron chi connectivity index (χ0n) is 13.0. The molecule has 0 aromatic heterocycles. The molecule has 0 fully saturated rings. The molecule has 126 valence electrons. The van der Waals surface area contributed by atoms with E-state index in [0.29, 0.717) is 0 Å². The van der Waals surface area contributed by atoms with Gasteiger partial charge in [0.15, 0.2) is 34.5 Å². The van der Waals surface area contributed by atoms with Gasteiger partial charge in [-0.1, -0.05) is 19.9 Å². The van der Waals surface area contributed by atoms with Crippen molar-refractivity contribution in [3.05, 3.63) is 35.9 Å². The molecule has 0 radical (unpaired) electrons. The highest BCUT2D eigenvalue weighted by molar-refractivity contribution is 5.97. The summed E-state index contributed by atoms with van der Waals surface area (Å²) in [5.74, 6) is -3.16. The first-order chi connectivity index (χ1) is 10.8. The van der Waals surface area contributed by atoms with Crippen molar-refractivity contribution in [2.45, 2.75) is 20.8 Å². The highest BCUT2D eigenvalue weighted by Gasteiger charge is 2.13. The number of hydrogen-bond acceptors (Lipinski definition) is 7. The fourth-order valence-electron chi connectivity index (χ4n) is 1.37. The van der Waals surface area contributed by atoms with Gasteiger partial charge in [0.2, 0.25) is 5.75 Å². The maximum absolute atomic E-state index is 10.8. The molecular weight excluding hydrogens is 304 g/mol. The first-order valence-electron chi connectivity index (χ1n) is 6.70. The van der Waals surface area contributed by atoms with E-state index in [2.05, 4.69) is 0 Å². The Bertz CT molecular complexity index is 645. The maximum Gasteiger partial charge on any atom is 0.201 e. The molecule has 0 aliphatic heterocycles. The molecule has 2 rings (SSSR count). The van der Waals surface area contributed by atoms with Gasteiger partial charge in [0.25, 0.3) is 0 Å². The zero-order chi connectivity index (χ0) is 18.2. The highest BCUT2D eigenvalue weighted by Crippen LogP contribution is 2.37. The molecule has 2 aromatic rings. The Labute approximate surface area is 133 Å². The average Bonchev–Trinajstić information content (AvgIpc) is 2.52. The minimum atomic E-state index is -0.664. The standard InChI is InChI=1S/C8H8O4.C6H6O3.C2H6/c1-4(9)5-2-3-6(10)8(12)7(5)11;7-4-2-1-3-5(8)6(4)9;1-2/h2-3,10-12H,1H3;1-3,7-9H;1-2H3. The van der Waals surface area contributed by atoms with Crippen molar-refractivity contribution in [3.8, 4) is 34.5 Å². The third kappa shape index (κ3) is 5.31. The minimum Gasteiger partial charge on any atom is -0.504 e. The number of phenols is 6. The van der Waals surface area contributed by atoms with Gasteiger partial charge >= 0.3 is 0 Å². The molecule has 0 aliphatic rings. The van der Waals surface area contributed by atoms with Crippen LogP contribution < -0.4 is 0 Å². The Balaban J connectivity index is 0.000000392. The molecule has 7 heteroatoms. The largest absolute Gasteiger partial charge is 0.504 e. The fourth-order valence-corrected chi connectivity index (χ4v) is 1.37. The molecule has 6 N–H and O–H groups in total. The van der Waals surface area contributed by atoms with Crippen LogP contribution in [0.25, 0.3) is 0 Å². The molecule has 0 atom stereocenters. The van der Waals surface area contributed by atoms with Crippen LogP contribution in [-0.4, -0.2) is 36.4 Å². The van der Waals surface area contributed by atoms with Gasteiger partial charge in [-0.05, 0) is 31.2 Å². The first kappa shape index (κ1) is 19.9. The van der Waals surface area contributed by atoms with E-state index in [4.69, 9.17) is 30.6 Å². The maximum atomic E-state index is 10.8. The van der Waals surface area contributed by atoms with E-state index in [9.17, 15) is 4.79 Å². The predicted molar refractivity (Wildman–Crippen MR) is 84.2 cm³/mol. The third-order valence-corrected chi connectivity index (χ3v) is 2.50. The van der Waals surface area contributed by atoms with E-state index in [0.717, 1.165) is 6.07 Å². The van der Waals surface area contributed by atoms with Crippen molar-refractivity contribution in [1.29, 1.82) is 0 Å². The molecule has 0 bridgehead atoms. The zero-order valence-corrected chi connectivity index (χ0v) is 13.0. The molecule has 0 saturated carbocycles. The van der Waals surface area contributed by atoms with Gasteiger partial charge < -0.3 is 30.6 Å². The van der Waals surface area contributed by atoms with Gasteiger partial charge in [0.05, 0.1) is 5.56 Å². The van der Waals surface area contributed by atoms with E-state index >= 15 is 0 Å². The van der Waals surface area contributed by atoms with Gasteiger partial charge in [0.1, 0.15) is 0 Å². The van der Waals surface area contributed by atoms with Gasteiger partial charge in [0, 0.05) is 0 Å². The van der Waals surface area contributed by atoms with Crippen LogP contribution in [0.3, 0.4) is 0 Å². The predicted octanol–water partition coefficient (Wildman–Crippen LogP) is 2.84. The summed E-state index contributed by atoms with van der Waals surface area (Å²) >= 11 is 0. The van der Waals surface area contributed by atoms with Crippen molar-refractivity contribution in [1.82, 2.24) is 0 Å². The topological polar surface area (TPSA) is 138 Å². The number of carbonyl (C=O) groups excluding carboxylic acids is 1. The Hall–Kier alpha value is -3.09. The van der Waals surface area contributed by atoms with E-state index < -0.39 is 23.0 Å². The average molecular weight is 324 g/mol. The highest BCUT2D eigenvalue weighted by atomic mass is 16.3. The van der Waals surface area contributed by atoms with Crippen molar-refractivity contribution in [2.24, 2.45) is 0 Å². The van der Waals surface area contributed by atoms with E-state index in [1.165, 1.54) is 31.2 Å². The van der Waals surface area contributed by atoms with Crippen LogP contribution >= 0.6 is 0 Å². The number of rotatable bonds is 1. The molecule has 0 aliphatic carbocycles. The van der Waals surface area contributed by atoms with Gasteiger partial charge in [-0.3, -0.25) is 4.79 Å². The molecule has 0 heterocycles. The summed E-state index contributed by atoms with van der Waals surface area (Å²) in [5.41, 5.74) is -0.00898. The number of aromatic hydroxyl groups is 6. The van der Waals surface area contributed by atoms with Crippen LogP contribution in [0.15, 0.2) is 30.3 Å².